The lowest BCUT2D eigenvalue weighted by Crippen LogP contribution is -2.14. The van der Waals surface area contributed by atoms with Crippen LogP contribution in [0.25, 0.3) is 0 Å². The van der Waals surface area contributed by atoms with Crippen LogP contribution in [-0.2, 0) is 9.47 Å². The number of carbonyl (C=O) groups is 2. The molecular formula is C29H42N2O4. The first-order valence-electron chi connectivity index (χ1n) is 13.2. The van der Waals surface area contributed by atoms with E-state index in [1.54, 1.807) is 0 Å². The van der Waals surface area contributed by atoms with Crippen LogP contribution in [0.15, 0.2) is 60.7 Å². The average molecular weight is 483 g/mol. The van der Waals surface area contributed by atoms with Gasteiger partial charge in [-0.2, -0.15) is 0 Å². The van der Waals surface area contributed by atoms with Gasteiger partial charge in [-0.25, -0.2) is 9.59 Å². The molecular weight excluding hydrogens is 440 g/mol. The van der Waals surface area contributed by atoms with Gasteiger partial charge in [0.15, 0.2) is 0 Å². The quantitative estimate of drug-likeness (QED) is 0.209. The van der Waals surface area contributed by atoms with Crippen LogP contribution in [0, 0.1) is 0 Å². The number of carbonyl (C=O) groups excluding carboxylic acids is 2. The van der Waals surface area contributed by atoms with E-state index in [1.807, 2.05) is 60.7 Å². The summed E-state index contributed by atoms with van der Waals surface area (Å²) in [5.41, 5.74) is 1.51. The van der Waals surface area contributed by atoms with Gasteiger partial charge in [-0.1, -0.05) is 107 Å². The molecule has 0 aliphatic heterocycles. The summed E-state index contributed by atoms with van der Waals surface area (Å²) in [7, 11) is 0. The van der Waals surface area contributed by atoms with Crippen LogP contribution in [0.3, 0.4) is 0 Å². The van der Waals surface area contributed by atoms with E-state index < -0.39 is 0 Å². The number of nitrogens with one attached hydrogen (secondary N) is 2. The molecule has 2 amide bonds. The molecule has 2 N–H and O–H groups in total. The SMILES string of the molecule is O=C(Nc1ccccc1)OCCCCCCCCCCCCCCCOC(=O)Nc1ccccc1. The van der Waals surface area contributed by atoms with Crippen molar-refractivity contribution in [2.24, 2.45) is 0 Å². The van der Waals surface area contributed by atoms with E-state index in [-0.39, 0.29) is 12.2 Å². The zero-order chi connectivity index (χ0) is 24.8. The molecule has 2 aromatic rings. The first-order chi connectivity index (χ1) is 17.2. The minimum absolute atomic E-state index is 0.379. The third-order valence-corrected chi connectivity index (χ3v) is 5.80. The Bertz CT molecular complexity index is 731. The Morgan fingerprint density at radius 2 is 0.743 bits per heavy atom. The van der Waals surface area contributed by atoms with Crippen molar-refractivity contribution in [3.05, 3.63) is 60.7 Å². The summed E-state index contributed by atoms with van der Waals surface area (Å²) in [6.07, 6.45) is 14.7. The molecule has 6 nitrogen and oxygen atoms in total. The highest BCUT2D eigenvalue weighted by Crippen LogP contribution is 2.13. The standard InChI is InChI=1S/C29H42N2O4/c32-28(30-26-20-14-12-15-21-26)34-24-18-10-8-6-4-2-1-3-5-7-9-11-19-25-35-29(33)31-27-22-16-13-17-23-27/h12-17,20-23H,1-11,18-19,24-25H2,(H,30,32)(H,31,33). The number of anilines is 2. The summed E-state index contributed by atoms with van der Waals surface area (Å²) < 4.78 is 10.4. The summed E-state index contributed by atoms with van der Waals surface area (Å²) in [5.74, 6) is 0. The van der Waals surface area contributed by atoms with Gasteiger partial charge in [0, 0.05) is 11.4 Å². The highest BCUT2D eigenvalue weighted by molar-refractivity contribution is 5.84. The predicted molar refractivity (Wildman–Crippen MR) is 143 cm³/mol. The van der Waals surface area contributed by atoms with Gasteiger partial charge in [0.05, 0.1) is 13.2 Å². The first kappa shape index (κ1) is 28.2. The molecule has 192 valence electrons. The zero-order valence-corrected chi connectivity index (χ0v) is 21.0. The second-order valence-corrected chi connectivity index (χ2v) is 8.85. The van der Waals surface area contributed by atoms with Crippen LogP contribution >= 0.6 is 0 Å². The van der Waals surface area contributed by atoms with Gasteiger partial charge in [0.25, 0.3) is 0 Å². The molecule has 0 fully saturated rings. The van der Waals surface area contributed by atoms with E-state index in [0.717, 1.165) is 37.1 Å². The predicted octanol–water partition coefficient (Wildman–Crippen LogP) is 8.56. The average Bonchev–Trinajstić information content (AvgIpc) is 2.87. The number of ether oxygens (including phenoxy) is 2. The molecule has 0 unspecified atom stereocenters. The number of para-hydroxylation sites is 2. The maximum atomic E-state index is 11.7. The number of hydrogen-bond acceptors (Lipinski definition) is 4. The normalized spacial score (nSPS) is 10.5. The third-order valence-electron chi connectivity index (χ3n) is 5.80. The number of amides is 2. The van der Waals surface area contributed by atoms with E-state index in [4.69, 9.17) is 9.47 Å². The second-order valence-electron chi connectivity index (χ2n) is 8.85. The van der Waals surface area contributed by atoms with Crippen molar-refractivity contribution in [1.82, 2.24) is 0 Å². The van der Waals surface area contributed by atoms with Crippen molar-refractivity contribution >= 4 is 23.6 Å². The largest absolute Gasteiger partial charge is 0.449 e. The van der Waals surface area contributed by atoms with Crippen molar-refractivity contribution in [3.8, 4) is 0 Å². The van der Waals surface area contributed by atoms with Crippen LogP contribution in [0.2, 0.25) is 0 Å². The van der Waals surface area contributed by atoms with E-state index in [0.29, 0.717) is 13.2 Å². The Morgan fingerprint density at radius 3 is 1.06 bits per heavy atom. The summed E-state index contributed by atoms with van der Waals surface area (Å²) in [6, 6.07) is 18.7. The summed E-state index contributed by atoms with van der Waals surface area (Å²) in [5, 5.41) is 5.45. The van der Waals surface area contributed by atoms with Crippen molar-refractivity contribution < 1.29 is 19.1 Å². The molecule has 0 atom stereocenters. The fraction of sp³-hybridized carbons (Fsp3) is 0.517. The summed E-state index contributed by atoms with van der Waals surface area (Å²) >= 11 is 0. The topological polar surface area (TPSA) is 76.7 Å². The molecule has 0 saturated heterocycles. The van der Waals surface area contributed by atoms with Gasteiger partial charge in [-0.15, -0.1) is 0 Å². The summed E-state index contributed by atoms with van der Waals surface area (Å²) in [4.78, 5) is 23.4. The molecule has 0 bridgehead atoms. The third kappa shape index (κ3) is 15.5. The Hall–Kier alpha value is -3.02. The molecule has 6 heteroatoms. The lowest BCUT2D eigenvalue weighted by atomic mass is 10.0. The van der Waals surface area contributed by atoms with Crippen LogP contribution in [0.4, 0.5) is 21.0 Å². The van der Waals surface area contributed by atoms with Crippen LogP contribution < -0.4 is 10.6 Å². The molecule has 2 rings (SSSR count). The zero-order valence-electron chi connectivity index (χ0n) is 21.0. The maximum absolute atomic E-state index is 11.7. The summed E-state index contributed by atoms with van der Waals surface area (Å²) in [6.45, 7) is 0.956. The maximum Gasteiger partial charge on any atom is 0.411 e. The van der Waals surface area contributed by atoms with Gasteiger partial charge in [-0.05, 0) is 37.1 Å². The lowest BCUT2D eigenvalue weighted by Gasteiger charge is -2.07. The Morgan fingerprint density at radius 1 is 0.457 bits per heavy atom. The molecule has 2 aromatic carbocycles. The van der Waals surface area contributed by atoms with Crippen molar-refractivity contribution in [1.29, 1.82) is 0 Å². The van der Waals surface area contributed by atoms with Crippen LogP contribution in [0.1, 0.15) is 83.5 Å². The molecule has 0 spiro atoms. The van der Waals surface area contributed by atoms with Gasteiger partial charge < -0.3 is 9.47 Å². The molecule has 0 radical (unpaired) electrons. The van der Waals surface area contributed by atoms with E-state index in [9.17, 15) is 9.59 Å². The fourth-order valence-corrected chi connectivity index (χ4v) is 3.83. The minimum Gasteiger partial charge on any atom is -0.449 e. The fourth-order valence-electron chi connectivity index (χ4n) is 3.83. The van der Waals surface area contributed by atoms with E-state index >= 15 is 0 Å². The van der Waals surface area contributed by atoms with Gasteiger partial charge >= 0.3 is 12.2 Å². The highest BCUT2D eigenvalue weighted by atomic mass is 16.6. The monoisotopic (exact) mass is 482 g/mol. The minimum atomic E-state index is -0.379. The van der Waals surface area contributed by atoms with Gasteiger partial charge in [0.1, 0.15) is 0 Å². The molecule has 0 aromatic heterocycles. The Balaban J connectivity index is 1.26. The molecule has 0 aliphatic rings. The van der Waals surface area contributed by atoms with E-state index in [1.165, 1.54) is 57.8 Å². The Kier molecular flexibility index (Phi) is 15.6. The van der Waals surface area contributed by atoms with Crippen LogP contribution in [-0.4, -0.2) is 25.4 Å². The number of rotatable bonds is 18. The second kappa shape index (κ2) is 19.3. The molecule has 0 saturated carbocycles. The Labute approximate surface area is 210 Å². The van der Waals surface area contributed by atoms with Crippen molar-refractivity contribution in [3.63, 3.8) is 0 Å². The van der Waals surface area contributed by atoms with Gasteiger partial charge in [0.2, 0.25) is 0 Å². The van der Waals surface area contributed by atoms with Gasteiger partial charge in [-0.3, -0.25) is 10.6 Å². The van der Waals surface area contributed by atoms with Crippen molar-refractivity contribution in [2.45, 2.75) is 83.5 Å². The highest BCUT2D eigenvalue weighted by Gasteiger charge is 2.03. The number of hydrogen-bond donors (Lipinski definition) is 2. The molecule has 35 heavy (non-hydrogen) atoms. The first-order valence-corrected chi connectivity index (χ1v) is 13.2. The number of unbranched alkanes of at least 4 members (excludes halogenated alkanes) is 12. The molecule has 0 heterocycles. The lowest BCUT2D eigenvalue weighted by molar-refractivity contribution is 0.158. The smallest absolute Gasteiger partial charge is 0.411 e. The number of benzene rings is 2. The molecule has 0 aliphatic carbocycles. The van der Waals surface area contributed by atoms with Crippen molar-refractivity contribution in [2.75, 3.05) is 23.8 Å². The van der Waals surface area contributed by atoms with Crippen LogP contribution in [0.5, 0.6) is 0 Å². The van der Waals surface area contributed by atoms with E-state index in [2.05, 4.69) is 10.6 Å².